The molecule has 2 aromatic rings. The fraction of sp³-hybridized carbons (Fsp3) is 0.455. The number of benzene rings is 2. The maximum Gasteiger partial charge on any atom is 0.119 e. The molecule has 1 N–H and O–H groups in total. The zero-order valence-electron chi connectivity index (χ0n) is 15.5. The average molecular weight is 352 g/mol. The van der Waals surface area contributed by atoms with E-state index >= 15 is 0 Å². The van der Waals surface area contributed by atoms with Crippen LogP contribution in [-0.4, -0.2) is 60.3 Å². The summed E-state index contributed by atoms with van der Waals surface area (Å²) in [6.45, 7) is 4.70. The van der Waals surface area contributed by atoms with Crippen molar-refractivity contribution in [2.75, 3.05) is 33.3 Å². The average Bonchev–Trinajstić information content (AvgIpc) is 3.07. The van der Waals surface area contributed by atoms with Gasteiger partial charge in [-0.1, -0.05) is 36.4 Å². The summed E-state index contributed by atoms with van der Waals surface area (Å²) in [6, 6.07) is 17.2. The van der Waals surface area contributed by atoms with E-state index in [9.17, 15) is 5.11 Å². The predicted molar refractivity (Wildman–Crippen MR) is 103 cm³/mol. The molecule has 4 nitrogen and oxygen atoms in total. The molecule has 0 saturated carbocycles. The number of likely N-dealkylation sites (tertiary alicyclic amines) is 1. The van der Waals surface area contributed by atoms with Crippen molar-refractivity contribution in [1.82, 2.24) is 9.80 Å². The normalized spacial score (nSPS) is 23.8. The first kappa shape index (κ1) is 17.5. The lowest BCUT2D eigenvalue weighted by atomic mass is 9.98. The van der Waals surface area contributed by atoms with Crippen LogP contribution in [0.25, 0.3) is 0 Å². The highest BCUT2D eigenvalue weighted by Gasteiger charge is 2.36. The highest BCUT2D eigenvalue weighted by atomic mass is 16.5. The van der Waals surface area contributed by atoms with Crippen LogP contribution in [0.2, 0.25) is 0 Å². The number of fused-ring (bicyclic) bond motifs is 1. The molecule has 2 unspecified atom stereocenters. The van der Waals surface area contributed by atoms with Crippen LogP contribution in [0.1, 0.15) is 16.7 Å². The predicted octanol–water partition coefficient (Wildman–Crippen LogP) is 2.34. The fourth-order valence-corrected chi connectivity index (χ4v) is 4.30. The molecule has 2 heterocycles. The Morgan fingerprint density at radius 2 is 1.92 bits per heavy atom. The van der Waals surface area contributed by atoms with Crippen LogP contribution >= 0.6 is 0 Å². The minimum absolute atomic E-state index is 0.244. The quantitative estimate of drug-likeness (QED) is 0.896. The lowest BCUT2D eigenvalue weighted by molar-refractivity contribution is 0.0746. The summed E-state index contributed by atoms with van der Waals surface area (Å²) < 4.78 is 5.31. The molecule has 4 rings (SSSR count). The van der Waals surface area contributed by atoms with Gasteiger partial charge in [-0.25, -0.2) is 0 Å². The Balaban J connectivity index is 1.34. The second kappa shape index (κ2) is 7.78. The number of ether oxygens (including phenoxy) is 1. The standard InChI is InChI=1S/C22H28N2O2/c1-26-20-8-4-5-17(13-20)9-11-23-15-21(22(25)16-23)24-12-10-18-6-2-3-7-19(18)14-24/h2-8,13,21-22,25H,9-12,14-16H2,1H3. The summed E-state index contributed by atoms with van der Waals surface area (Å²) in [4.78, 5) is 4.87. The summed E-state index contributed by atoms with van der Waals surface area (Å²) in [5.41, 5.74) is 4.17. The van der Waals surface area contributed by atoms with E-state index in [-0.39, 0.29) is 12.1 Å². The van der Waals surface area contributed by atoms with Crippen molar-refractivity contribution < 1.29 is 9.84 Å². The maximum atomic E-state index is 10.6. The van der Waals surface area contributed by atoms with Crippen molar-refractivity contribution >= 4 is 0 Å². The summed E-state index contributed by atoms with van der Waals surface area (Å²) >= 11 is 0. The minimum atomic E-state index is -0.259. The smallest absolute Gasteiger partial charge is 0.119 e. The Morgan fingerprint density at radius 3 is 2.77 bits per heavy atom. The fourth-order valence-electron chi connectivity index (χ4n) is 4.30. The van der Waals surface area contributed by atoms with Crippen LogP contribution in [0.4, 0.5) is 0 Å². The van der Waals surface area contributed by atoms with Gasteiger partial charge in [0.15, 0.2) is 0 Å². The van der Waals surface area contributed by atoms with Gasteiger partial charge >= 0.3 is 0 Å². The second-order valence-corrected chi connectivity index (χ2v) is 7.48. The third kappa shape index (κ3) is 3.78. The highest BCUT2D eigenvalue weighted by Crippen LogP contribution is 2.25. The van der Waals surface area contributed by atoms with Crippen molar-refractivity contribution in [3.63, 3.8) is 0 Å². The van der Waals surface area contributed by atoms with Crippen LogP contribution in [-0.2, 0) is 19.4 Å². The number of hydrogen-bond acceptors (Lipinski definition) is 4. The molecule has 2 aromatic carbocycles. The number of methoxy groups -OCH3 is 1. The third-order valence-corrected chi connectivity index (χ3v) is 5.81. The van der Waals surface area contributed by atoms with Gasteiger partial charge in [0, 0.05) is 38.8 Å². The first-order valence-corrected chi connectivity index (χ1v) is 9.57. The molecular weight excluding hydrogens is 324 g/mol. The van der Waals surface area contributed by atoms with Gasteiger partial charge in [-0.05, 0) is 41.7 Å². The van der Waals surface area contributed by atoms with Crippen LogP contribution in [0.5, 0.6) is 5.75 Å². The van der Waals surface area contributed by atoms with E-state index < -0.39 is 0 Å². The SMILES string of the molecule is COc1cccc(CCN2CC(O)C(N3CCc4ccccc4C3)C2)c1. The van der Waals surface area contributed by atoms with E-state index in [1.54, 1.807) is 7.11 Å². The number of hydrogen-bond donors (Lipinski definition) is 1. The number of aliphatic hydroxyl groups is 1. The monoisotopic (exact) mass is 352 g/mol. The molecule has 0 radical (unpaired) electrons. The van der Waals surface area contributed by atoms with E-state index in [2.05, 4.69) is 46.2 Å². The Morgan fingerprint density at radius 1 is 1.08 bits per heavy atom. The number of β-amino-alcohol motifs (C(OH)–C–C–N with tert-alkyl or cyclic N) is 1. The van der Waals surface area contributed by atoms with Crippen molar-refractivity contribution in [2.24, 2.45) is 0 Å². The van der Waals surface area contributed by atoms with Gasteiger partial charge in [-0.2, -0.15) is 0 Å². The molecular formula is C22H28N2O2. The van der Waals surface area contributed by atoms with Crippen LogP contribution in [0.3, 0.4) is 0 Å². The molecule has 1 fully saturated rings. The van der Waals surface area contributed by atoms with E-state index in [1.807, 2.05) is 12.1 Å². The Hall–Kier alpha value is -1.88. The van der Waals surface area contributed by atoms with Gasteiger partial charge in [-0.3, -0.25) is 9.80 Å². The van der Waals surface area contributed by atoms with Crippen molar-refractivity contribution in [1.29, 1.82) is 0 Å². The molecule has 0 spiro atoms. The molecule has 2 atom stereocenters. The molecule has 26 heavy (non-hydrogen) atoms. The zero-order chi connectivity index (χ0) is 17.9. The first-order chi connectivity index (χ1) is 12.7. The molecule has 0 aliphatic carbocycles. The minimum Gasteiger partial charge on any atom is -0.497 e. The number of aliphatic hydroxyl groups excluding tert-OH is 1. The Labute approximate surface area is 156 Å². The lowest BCUT2D eigenvalue weighted by Crippen LogP contribution is -2.45. The zero-order valence-corrected chi connectivity index (χ0v) is 15.5. The topological polar surface area (TPSA) is 35.9 Å². The van der Waals surface area contributed by atoms with Gasteiger partial charge in [0.2, 0.25) is 0 Å². The molecule has 138 valence electrons. The summed E-state index contributed by atoms with van der Waals surface area (Å²) in [6.07, 6.45) is 1.81. The van der Waals surface area contributed by atoms with Crippen LogP contribution in [0.15, 0.2) is 48.5 Å². The molecule has 1 saturated heterocycles. The molecule has 0 aromatic heterocycles. The van der Waals surface area contributed by atoms with Gasteiger partial charge in [0.05, 0.1) is 13.2 Å². The molecule has 2 aliphatic rings. The van der Waals surface area contributed by atoms with E-state index in [1.165, 1.54) is 16.7 Å². The largest absolute Gasteiger partial charge is 0.497 e. The van der Waals surface area contributed by atoms with E-state index in [0.717, 1.165) is 51.3 Å². The van der Waals surface area contributed by atoms with Gasteiger partial charge in [0.1, 0.15) is 5.75 Å². The highest BCUT2D eigenvalue weighted by molar-refractivity contribution is 5.30. The van der Waals surface area contributed by atoms with Gasteiger partial charge < -0.3 is 9.84 Å². The Bertz CT molecular complexity index is 748. The Kier molecular flexibility index (Phi) is 5.25. The lowest BCUT2D eigenvalue weighted by Gasteiger charge is -2.34. The van der Waals surface area contributed by atoms with Crippen LogP contribution < -0.4 is 4.74 Å². The summed E-state index contributed by atoms with van der Waals surface area (Å²) in [7, 11) is 1.71. The third-order valence-electron chi connectivity index (χ3n) is 5.81. The van der Waals surface area contributed by atoms with Gasteiger partial charge in [-0.15, -0.1) is 0 Å². The van der Waals surface area contributed by atoms with Gasteiger partial charge in [0.25, 0.3) is 0 Å². The molecule has 4 heteroatoms. The van der Waals surface area contributed by atoms with E-state index in [4.69, 9.17) is 4.74 Å². The summed E-state index contributed by atoms with van der Waals surface area (Å²) in [5.74, 6) is 0.911. The van der Waals surface area contributed by atoms with E-state index in [0.29, 0.717) is 0 Å². The van der Waals surface area contributed by atoms with Crippen molar-refractivity contribution in [3.05, 3.63) is 65.2 Å². The summed E-state index contributed by atoms with van der Waals surface area (Å²) in [5, 5.41) is 10.6. The van der Waals surface area contributed by atoms with Crippen molar-refractivity contribution in [2.45, 2.75) is 31.5 Å². The molecule has 0 bridgehead atoms. The van der Waals surface area contributed by atoms with Crippen LogP contribution in [0, 0.1) is 0 Å². The number of rotatable bonds is 5. The molecule has 0 amide bonds. The number of nitrogens with zero attached hydrogens (tertiary/aromatic N) is 2. The second-order valence-electron chi connectivity index (χ2n) is 7.48. The maximum absolute atomic E-state index is 10.6. The van der Waals surface area contributed by atoms with Crippen molar-refractivity contribution in [3.8, 4) is 5.75 Å². The molecule has 2 aliphatic heterocycles. The first-order valence-electron chi connectivity index (χ1n) is 9.57.